The van der Waals surface area contributed by atoms with Crippen molar-refractivity contribution in [1.29, 1.82) is 0 Å². The van der Waals surface area contributed by atoms with Crippen LogP contribution in [0.5, 0.6) is 5.75 Å². The molecule has 2 aliphatic rings. The molecule has 1 aliphatic heterocycles. The quantitative estimate of drug-likeness (QED) is 0.768. The van der Waals surface area contributed by atoms with E-state index < -0.39 is 0 Å². The van der Waals surface area contributed by atoms with Crippen molar-refractivity contribution < 1.29 is 14.1 Å². The number of benzene rings is 1. The lowest BCUT2D eigenvalue weighted by molar-refractivity contribution is -0.118. The van der Waals surface area contributed by atoms with E-state index in [1.807, 2.05) is 12.1 Å². The van der Waals surface area contributed by atoms with Crippen molar-refractivity contribution in [2.45, 2.75) is 31.8 Å². The Balaban J connectivity index is 1.70. The smallest absolute Gasteiger partial charge is 0.181 e. The third-order valence-electron chi connectivity index (χ3n) is 3.96. The van der Waals surface area contributed by atoms with E-state index in [1.165, 1.54) is 0 Å². The normalized spacial score (nSPS) is 20.1. The van der Waals surface area contributed by atoms with Crippen LogP contribution < -0.4 is 4.74 Å². The molecule has 4 rings (SSSR count). The van der Waals surface area contributed by atoms with Gasteiger partial charge in [0.25, 0.3) is 0 Å². The minimum absolute atomic E-state index is 0.228. The molecule has 0 bridgehead atoms. The maximum absolute atomic E-state index is 11.7. The number of ketones is 1. The molecule has 0 saturated heterocycles. The van der Waals surface area contributed by atoms with Crippen molar-refractivity contribution in [1.82, 2.24) is 5.16 Å². The molecular weight excluding hydrogens is 358 g/mol. The number of Topliss-reactive ketones (excluding diaryl/α,β-unsaturated/α-hetero) is 1. The van der Waals surface area contributed by atoms with Gasteiger partial charge in [-0.2, -0.15) is 0 Å². The molecule has 0 amide bonds. The maximum atomic E-state index is 11.7. The lowest BCUT2D eigenvalue weighted by atomic mass is 9.93. The highest BCUT2D eigenvalue weighted by atomic mass is 79.9. The number of aromatic nitrogens is 1. The van der Waals surface area contributed by atoms with Crippen LogP contribution in [0, 0.1) is 0 Å². The Morgan fingerprint density at radius 1 is 1.33 bits per heavy atom. The molecule has 108 valence electrons. The Kier molecular flexibility index (Phi) is 3.08. The molecule has 1 unspecified atom stereocenters. The molecule has 1 atom stereocenters. The fourth-order valence-electron chi connectivity index (χ4n) is 2.97. The monoisotopic (exact) mass is 367 g/mol. The summed E-state index contributed by atoms with van der Waals surface area (Å²) in [7, 11) is 0. The van der Waals surface area contributed by atoms with Crippen molar-refractivity contribution in [3.8, 4) is 5.75 Å². The van der Waals surface area contributed by atoms with Crippen LogP contribution in [0.15, 0.2) is 21.1 Å². The van der Waals surface area contributed by atoms with Crippen molar-refractivity contribution in [2.75, 3.05) is 0 Å². The summed E-state index contributed by atoms with van der Waals surface area (Å²) >= 11 is 9.53. The molecule has 2 heterocycles. The van der Waals surface area contributed by atoms with Crippen LogP contribution in [0.1, 0.15) is 35.1 Å². The summed E-state index contributed by atoms with van der Waals surface area (Å²) in [6, 6.07) is 3.71. The molecule has 6 heteroatoms. The summed E-state index contributed by atoms with van der Waals surface area (Å²) in [6.45, 7) is 0. The second-order valence-corrected chi connectivity index (χ2v) is 6.66. The van der Waals surface area contributed by atoms with Gasteiger partial charge in [-0.15, -0.1) is 0 Å². The second-order valence-electron chi connectivity index (χ2n) is 5.37. The van der Waals surface area contributed by atoms with Crippen molar-refractivity contribution >= 4 is 33.3 Å². The van der Waals surface area contributed by atoms with E-state index in [1.54, 1.807) is 0 Å². The van der Waals surface area contributed by atoms with E-state index in [2.05, 4.69) is 21.1 Å². The van der Waals surface area contributed by atoms with Gasteiger partial charge >= 0.3 is 0 Å². The van der Waals surface area contributed by atoms with Gasteiger partial charge in [0, 0.05) is 41.8 Å². The molecule has 0 radical (unpaired) electrons. The van der Waals surface area contributed by atoms with Gasteiger partial charge in [-0.1, -0.05) is 16.8 Å². The summed E-state index contributed by atoms with van der Waals surface area (Å²) in [5.41, 5.74) is 2.83. The largest absolute Gasteiger partial charge is 0.481 e. The van der Waals surface area contributed by atoms with Crippen LogP contribution in [0.2, 0.25) is 5.02 Å². The molecule has 0 saturated carbocycles. The number of halogens is 2. The summed E-state index contributed by atoms with van der Waals surface area (Å²) in [5, 5.41) is 4.76. The van der Waals surface area contributed by atoms with Crippen molar-refractivity contribution in [3.63, 3.8) is 0 Å². The van der Waals surface area contributed by atoms with Crippen LogP contribution in [-0.4, -0.2) is 10.9 Å². The third kappa shape index (κ3) is 2.19. The molecule has 21 heavy (non-hydrogen) atoms. The number of nitrogens with zero attached hydrogens (tertiary/aromatic N) is 1. The van der Waals surface area contributed by atoms with E-state index >= 15 is 0 Å². The number of aryl methyl sites for hydroxylation is 1. The zero-order chi connectivity index (χ0) is 14.6. The highest BCUT2D eigenvalue weighted by Gasteiger charge is 2.34. The Morgan fingerprint density at radius 2 is 2.19 bits per heavy atom. The summed E-state index contributed by atoms with van der Waals surface area (Å²) in [4.78, 5) is 11.7. The van der Waals surface area contributed by atoms with Gasteiger partial charge in [-0.25, -0.2) is 0 Å². The summed E-state index contributed by atoms with van der Waals surface area (Å²) in [6.07, 6.45) is 2.03. The zero-order valence-corrected chi connectivity index (χ0v) is 13.3. The lowest BCUT2D eigenvalue weighted by Crippen LogP contribution is -2.15. The average molecular weight is 369 g/mol. The highest BCUT2D eigenvalue weighted by molar-refractivity contribution is 9.10. The van der Waals surface area contributed by atoms with E-state index in [9.17, 15) is 4.79 Å². The lowest BCUT2D eigenvalue weighted by Gasteiger charge is -2.12. The van der Waals surface area contributed by atoms with Crippen LogP contribution >= 0.6 is 27.5 Å². The Labute approximate surface area is 134 Å². The summed E-state index contributed by atoms with van der Waals surface area (Å²) in [5.74, 6) is 1.70. The zero-order valence-electron chi connectivity index (χ0n) is 11.0. The molecule has 4 nitrogen and oxygen atoms in total. The van der Waals surface area contributed by atoms with Crippen LogP contribution in [0.3, 0.4) is 0 Å². The topological polar surface area (TPSA) is 52.3 Å². The van der Waals surface area contributed by atoms with Gasteiger partial charge in [-0.05, 0) is 28.1 Å². The van der Waals surface area contributed by atoms with E-state index in [0.29, 0.717) is 36.5 Å². The molecule has 0 spiro atoms. The van der Waals surface area contributed by atoms with Crippen LogP contribution in [-0.2, 0) is 24.1 Å². The van der Waals surface area contributed by atoms with Crippen LogP contribution in [0.25, 0.3) is 0 Å². The van der Waals surface area contributed by atoms with E-state index in [0.717, 1.165) is 27.0 Å². The number of carbonyl (C=O) groups is 1. The van der Waals surface area contributed by atoms with Crippen LogP contribution in [0.4, 0.5) is 0 Å². The number of rotatable bonds is 1. The van der Waals surface area contributed by atoms with Crippen molar-refractivity contribution in [3.05, 3.63) is 44.2 Å². The molecule has 1 aromatic heterocycles. The van der Waals surface area contributed by atoms with E-state index in [-0.39, 0.29) is 11.9 Å². The Hall–Kier alpha value is -1.33. The first-order chi connectivity index (χ1) is 10.1. The molecule has 0 N–H and O–H groups in total. The fraction of sp³-hybridized carbons (Fsp3) is 0.333. The molecular formula is C15H11BrClNO3. The maximum Gasteiger partial charge on any atom is 0.181 e. The first kappa shape index (κ1) is 13.3. The van der Waals surface area contributed by atoms with Gasteiger partial charge in [0.2, 0.25) is 0 Å². The number of carbonyl (C=O) groups excluding carboxylic acids is 1. The number of hydrogen-bond acceptors (Lipinski definition) is 4. The van der Waals surface area contributed by atoms with Gasteiger partial charge in [-0.3, -0.25) is 4.79 Å². The standard InChI is InChI=1S/C15H11BrClNO3/c16-11-5-8(17)3-7-4-13(20-14(7)11)15-10-6-9(19)1-2-12(10)18-21-15/h3,5,13H,1-2,4,6H2. The van der Waals surface area contributed by atoms with Crippen molar-refractivity contribution in [2.24, 2.45) is 0 Å². The minimum atomic E-state index is -0.239. The Bertz CT molecular complexity index is 756. The first-order valence-corrected chi connectivity index (χ1v) is 7.92. The average Bonchev–Trinajstić information content (AvgIpc) is 3.01. The minimum Gasteiger partial charge on any atom is -0.481 e. The molecule has 1 aliphatic carbocycles. The highest BCUT2D eigenvalue weighted by Crippen LogP contribution is 2.44. The predicted octanol–water partition coefficient (Wildman–Crippen LogP) is 3.82. The van der Waals surface area contributed by atoms with Gasteiger partial charge in [0.1, 0.15) is 11.5 Å². The SMILES string of the molecule is O=C1CCc2noc(C3Cc4cc(Cl)cc(Br)c4O3)c2C1. The van der Waals surface area contributed by atoms with E-state index in [4.69, 9.17) is 20.9 Å². The fourth-order valence-corrected chi connectivity index (χ4v) is 3.93. The predicted molar refractivity (Wildman–Crippen MR) is 79.8 cm³/mol. The van der Waals surface area contributed by atoms with Gasteiger partial charge in [0.05, 0.1) is 10.2 Å². The second kappa shape index (κ2) is 4.85. The third-order valence-corrected chi connectivity index (χ3v) is 4.76. The van der Waals surface area contributed by atoms with Gasteiger partial charge < -0.3 is 9.26 Å². The number of hydrogen-bond donors (Lipinski definition) is 0. The summed E-state index contributed by atoms with van der Waals surface area (Å²) < 4.78 is 12.3. The number of fused-ring (bicyclic) bond motifs is 2. The molecule has 1 aromatic carbocycles. The Morgan fingerprint density at radius 3 is 3.05 bits per heavy atom. The van der Waals surface area contributed by atoms with Gasteiger partial charge in [0.15, 0.2) is 11.9 Å². The first-order valence-electron chi connectivity index (χ1n) is 6.75. The molecule has 2 aromatic rings. The molecule has 0 fully saturated rings. The number of ether oxygens (including phenoxy) is 1.